The van der Waals surface area contributed by atoms with Crippen LogP contribution < -0.4 is 19.8 Å². The highest BCUT2D eigenvalue weighted by Crippen LogP contribution is 2.69. The minimum Gasteiger partial charge on any atom is -0.483 e. The standard InChI is InChI=1S/C37H29BrF3N3O7S2/c1-2-50-35(48)16-7-10-18(11-8-16)42-25(45)15-51-24-12-9-17(38)13-19(24)26-27-20-14-21(30(27)52-32-31(26)53-36(49)43-32)29-28(20)33(46)44(34(29)47)23-6-4-3-5-22(23)37(39,40)41/h3-13,20-21,26-30H,2,14-15H2,1H3,(H,42,45)(H,43,49)/t20-,21-,26+,27-,28+,29+,30-/m1/s1. The lowest BCUT2D eigenvalue weighted by Crippen LogP contribution is -2.42. The molecule has 3 amide bonds. The molecule has 2 bridgehead atoms. The summed E-state index contributed by atoms with van der Waals surface area (Å²) in [5.74, 6) is -4.91. The lowest BCUT2D eigenvalue weighted by atomic mass is 9.68. The molecule has 3 fully saturated rings. The predicted molar refractivity (Wildman–Crippen MR) is 193 cm³/mol. The fourth-order valence-corrected chi connectivity index (χ4v) is 11.9. The zero-order valence-corrected chi connectivity index (χ0v) is 30.9. The molecule has 2 N–H and O–H groups in total. The first-order valence-electron chi connectivity index (χ1n) is 16.8. The summed E-state index contributed by atoms with van der Waals surface area (Å²) in [6, 6.07) is 16.2. The molecule has 0 unspecified atom stereocenters. The van der Waals surface area contributed by atoms with Crippen LogP contribution >= 0.6 is 39.0 Å². The number of aromatic nitrogens is 1. The van der Waals surface area contributed by atoms with Crippen LogP contribution in [-0.4, -0.2) is 47.1 Å². The minimum absolute atomic E-state index is 0.230. The highest BCUT2D eigenvalue weighted by molar-refractivity contribution is 9.10. The summed E-state index contributed by atoms with van der Waals surface area (Å²) in [6.07, 6.45) is -4.24. The Morgan fingerprint density at radius 2 is 1.72 bits per heavy atom. The summed E-state index contributed by atoms with van der Waals surface area (Å²) in [6.45, 7) is 1.56. The number of esters is 1. The zero-order chi connectivity index (χ0) is 37.3. The van der Waals surface area contributed by atoms with Crippen molar-refractivity contribution in [2.75, 3.05) is 23.4 Å². The number of aromatic amines is 1. The Bertz CT molecular complexity index is 2230. The first-order valence-corrected chi connectivity index (χ1v) is 19.3. The van der Waals surface area contributed by atoms with E-state index in [1.807, 2.05) is 6.07 Å². The number of para-hydroxylation sites is 1. The van der Waals surface area contributed by atoms with Crippen LogP contribution in [0, 0.1) is 29.6 Å². The fourth-order valence-electron chi connectivity index (χ4n) is 8.65. The molecule has 53 heavy (non-hydrogen) atoms. The van der Waals surface area contributed by atoms with Gasteiger partial charge in [-0.25, -0.2) is 9.69 Å². The Balaban J connectivity index is 1.10. The zero-order valence-electron chi connectivity index (χ0n) is 27.6. The number of ether oxygens (including phenoxy) is 2. The molecule has 2 aliphatic carbocycles. The number of alkyl halides is 3. The van der Waals surface area contributed by atoms with Crippen molar-refractivity contribution in [3.8, 4) is 5.75 Å². The highest BCUT2D eigenvalue weighted by atomic mass is 79.9. The number of benzene rings is 3. The highest BCUT2D eigenvalue weighted by Gasteiger charge is 2.70. The van der Waals surface area contributed by atoms with Crippen molar-refractivity contribution in [3.05, 3.63) is 102 Å². The van der Waals surface area contributed by atoms with E-state index in [1.165, 1.54) is 36.0 Å². The molecule has 0 spiro atoms. The molecule has 7 atom stereocenters. The van der Waals surface area contributed by atoms with Gasteiger partial charge in [-0.1, -0.05) is 39.4 Å². The van der Waals surface area contributed by atoms with Crippen molar-refractivity contribution in [2.45, 2.75) is 35.7 Å². The van der Waals surface area contributed by atoms with Gasteiger partial charge in [0, 0.05) is 31.8 Å². The Hall–Kier alpha value is -4.41. The number of hydrogen-bond donors (Lipinski definition) is 2. The van der Waals surface area contributed by atoms with Gasteiger partial charge in [0.15, 0.2) is 6.61 Å². The molecule has 8 rings (SSSR count). The number of carbonyl (C=O) groups excluding carboxylic acids is 4. The molecular weight excluding hydrogens is 799 g/mol. The molecule has 10 nitrogen and oxygen atoms in total. The normalized spacial score (nSPS) is 25.5. The molecule has 274 valence electrons. The van der Waals surface area contributed by atoms with Gasteiger partial charge in [0.05, 0.1) is 40.3 Å². The van der Waals surface area contributed by atoms with E-state index in [-0.39, 0.29) is 41.1 Å². The molecule has 3 aromatic carbocycles. The molecule has 4 aliphatic rings. The summed E-state index contributed by atoms with van der Waals surface area (Å²) in [4.78, 5) is 70.1. The van der Waals surface area contributed by atoms with Crippen LogP contribution in [0.25, 0.3) is 0 Å². The van der Waals surface area contributed by atoms with Crippen LogP contribution in [0.1, 0.15) is 45.6 Å². The van der Waals surface area contributed by atoms with Crippen molar-refractivity contribution in [1.29, 1.82) is 0 Å². The summed E-state index contributed by atoms with van der Waals surface area (Å²) in [7, 11) is 0. The molecule has 2 saturated carbocycles. The largest absolute Gasteiger partial charge is 0.483 e. The van der Waals surface area contributed by atoms with E-state index in [0.29, 0.717) is 38.5 Å². The number of nitrogens with zero attached hydrogens (tertiary/aromatic N) is 1. The molecule has 4 aromatic rings. The third-order valence-corrected chi connectivity index (χ3v) is 13.6. The van der Waals surface area contributed by atoms with Gasteiger partial charge in [0.2, 0.25) is 11.8 Å². The van der Waals surface area contributed by atoms with Crippen LogP contribution in [0.2, 0.25) is 0 Å². The van der Waals surface area contributed by atoms with Crippen molar-refractivity contribution in [2.24, 2.45) is 29.6 Å². The van der Waals surface area contributed by atoms with E-state index in [0.717, 1.165) is 33.2 Å². The van der Waals surface area contributed by atoms with E-state index in [2.05, 4.69) is 26.2 Å². The monoisotopic (exact) mass is 827 g/mol. The van der Waals surface area contributed by atoms with Gasteiger partial charge >= 0.3 is 17.0 Å². The van der Waals surface area contributed by atoms with E-state index in [4.69, 9.17) is 9.47 Å². The number of nitrogens with one attached hydrogen (secondary N) is 2. The van der Waals surface area contributed by atoms with E-state index >= 15 is 0 Å². The minimum atomic E-state index is -4.77. The molecule has 16 heteroatoms. The van der Waals surface area contributed by atoms with Gasteiger partial charge < -0.3 is 19.8 Å². The molecule has 0 radical (unpaired) electrons. The number of amides is 3. The van der Waals surface area contributed by atoms with Crippen LogP contribution in [0.5, 0.6) is 5.75 Å². The number of H-pyrrole nitrogens is 1. The number of thiazole rings is 1. The SMILES string of the molecule is CCOC(=O)c1ccc(NC(=O)COc2ccc(Br)cc2[C@@H]2c3sc(=O)[nH]c3S[C@@H]3[C@@H]4C[C@@H]([C@@H]5C(=O)N(c6ccccc6C(F)(F)F)C(=O)[C@@H]45)[C@H]23)cc1. The third-order valence-electron chi connectivity index (χ3n) is 10.5. The van der Waals surface area contributed by atoms with E-state index in [9.17, 15) is 37.1 Å². The summed E-state index contributed by atoms with van der Waals surface area (Å²) < 4.78 is 54.0. The van der Waals surface area contributed by atoms with Crippen LogP contribution in [-0.2, 0) is 25.3 Å². The van der Waals surface area contributed by atoms with Crippen LogP contribution in [0.4, 0.5) is 24.5 Å². The Morgan fingerprint density at radius 3 is 2.43 bits per heavy atom. The van der Waals surface area contributed by atoms with Crippen molar-refractivity contribution in [3.63, 3.8) is 0 Å². The molecule has 2 aliphatic heterocycles. The first-order chi connectivity index (χ1) is 25.3. The summed E-state index contributed by atoms with van der Waals surface area (Å²) in [5.41, 5.74) is -0.0680. The smallest absolute Gasteiger partial charge is 0.418 e. The summed E-state index contributed by atoms with van der Waals surface area (Å²) >= 11 is 6.05. The second-order valence-electron chi connectivity index (χ2n) is 13.3. The molecule has 1 aromatic heterocycles. The second kappa shape index (κ2) is 13.5. The maximum absolute atomic E-state index is 14.1. The number of imide groups is 1. The quantitative estimate of drug-likeness (QED) is 0.142. The maximum atomic E-state index is 14.1. The second-order valence-corrected chi connectivity index (χ2v) is 16.4. The number of rotatable bonds is 8. The predicted octanol–water partition coefficient (Wildman–Crippen LogP) is 7.09. The van der Waals surface area contributed by atoms with E-state index in [1.54, 1.807) is 31.2 Å². The van der Waals surface area contributed by atoms with Gasteiger partial charge in [-0.15, -0.1) is 11.8 Å². The Labute approximate surface area is 316 Å². The number of carbonyl (C=O) groups is 4. The van der Waals surface area contributed by atoms with Crippen LogP contribution in [0.15, 0.2) is 81.0 Å². The van der Waals surface area contributed by atoms with Crippen molar-refractivity contribution in [1.82, 2.24) is 4.98 Å². The van der Waals surface area contributed by atoms with Gasteiger partial charge in [0.1, 0.15) is 5.75 Å². The number of halogens is 4. The molecule has 1 saturated heterocycles. The van der Waals surface area contributed by atoms with E-state index < -0.39 is 58.9 Å². The Morgan fingerprint density at radius 1 is 1.00 bits per heavy atom. The molecular formula is C37H29BrF3N3O7S2. The van der Waals surface area contributed by atoms with Crippen LogP contribution in [0.3, 0.4) is 0 Å². The lowest BCUT2D eigenvalue weighted by Gasteiger charge is -2.43. The first kappa shape index (κ1) is 35.6. The number of fused-ring (bicyclic) bond motifs is 9. The molecule has 3 heterocycles. The lowest BCUT2D eigenvalue weighted by molar-refractivity contribution is -0.137. The van der Waals surface area contributed by atoms with Gasteiger partial charge in [0.25, 0.3) is 5.91 Å². The third kappa shape index (κ3) is 6.08. The average molecular weight is 829 g/mol. The number of anilines is 2. The maximum Gasteiger partial charge on any atom is 0.418 e. The average Bonchev–Trinajstić information content (AvgIpc) is 3.86. The van der Waals surface area contributed by atoms with Gasteiger partial charge in [-0.3, -0.25) is 19.2 Å². The van der Waals surface area contributed by atoms with Crippen molar-refractivity contribution < 1.29 is 41.8 Å². The number of thioether (sulfide) groups is 1. The topological polar surface area (TPSA) is 135 Å². The van der Waals surface area contributed by atoms with Crippen molar-refractivity contribution >= 4 is 74.1 Å². The summed E-state index contributed by atoms with van der Waals surface area (Å²) in [5, 5.41) is 3.16. The number of hydrogen-bond acceptors (Lipinski definition) is 9. The van der Waals surface area contributed by atoms with Gasteiger partial charge in [-0.05, 0) is 85.7 Å². The Kier molecular flexibility index (Phi) is 9.05. The van der Waals surface area contributed by atoms with Gasteiger partial charge in [-0.2, -0.15) is 13.2 Å². The fraction of sp³-hybridized carbons (Fsp3) is 0.324.